The van der Waals surface area contributed by atoms with Gasteiger partial charge in [-0.15, -0.1) is 18.3 Å². The van der Waals surface area contributed by atoms with Crippen LogP contribution in [0.3, 0.4) is 0 Å². The monoisotopic (exact) mass is 217 g/mol. The van der Waals surface area contributed by atoms with Crippen molar-refractivity contribution in [3.63, 3.8) is 0 Å². The molecule has 2 N–H and O–H groups in total. The van der Waals surface area contributed by atoms with E-state index in [-0.39, 0.29) is 17.6 Å². The van der Waals surface area contributed by atoms with Gasteiger partial charge in [0.15, 0.2) is 0 Å². The van der Waals surface area contributed by atoms with Gasteiger partial charge in [0.25, 0.3) is 0 Å². The number of carboxylic acids is 1. The molecule has 0 saturated heterocycles. The fourth-order valence-electron chi connectivity index (χ4n) is 0.760. The third-order valence-electron chi connectivity index (χ3n) is 1.40. The van der Waals surface area contributed by atoms with Crippen molar-refractivity contribution < 1.29 is 14.7 Å². The van der Waals surface area contributed by atoms with Gasteiger partial charge in [-0.1, -0.05) is 13.0 Å². The molecule has 0 spiro atoms. The number of rotatable bonds is 7. The molecule has 0 saturated carbocycles. The van der Waals surface area contributed by atoms with Gasteiger partial charge in [-0.25, -0.2) is 0 Å². The molecule has 4 nitrogen and oxygen atoms in total. The quantitative estimate of drug-likeness (QED) is 0.621. The zero-order valence-electron chi connectivity index (χ0n) is 8.16. The van der Waals surface area contributed by atoms with Crippen LogP contribution in [-0.2, 0) is 9.59 Å². The molecular weight excluding hydrogens is 202 g/mol. The van der Waals surface area contributed by atoms with E-state index in [9.17, 15) is 9.59 Å². The van der Waals surface area contributed by atoms with Crippen LogP contribution in [0.15, 0.2) is 12.7 Å². The van der Waals surface area contributed by atoms with Crippen LogP contribution in [0.1, 0.15) is 13.3 Å². The van der Waals surface area contributed by atoms with Crippen molar-refractivity contribution >= 4 is 23.6 Å². The molecule has 0 aliphatic rings. The van der Waals surface area contributed by atoms with E-state index < -0.39 is 5.97 Å². The summed E-state index contributed by atoms with van der Waals surface area (Å²) in [6.45, 7) is 5.71. The Morgan fingerprint density at radius 2 is 2.29 bits per heavy atom. The van der Waals surface area contributed by atoms with E-state index in [0.29, 0.717) is 12.3 Å². The second kappa shape index (κ2) is 7.44. The minimum Gasteiger partial charge on any atom is -0.481 e. The number of carbonyl (C=O) groups is 2. The molecule has 0 bridgehead atoms. The number of carboxylic acid groups (broad SMARTS) is 1. The first-order chi connectivity index (χ1) is 6.56. The fourth-order valence-corrected chi connectivity index (χ4v) is 1.56. The predicted octanol–water partition coefficient (Wildman–Crippen LogP) is 0.885. The Balaban J connectivity index is 3.55. The van der Waals surface area contributed by atoms with Crippen LogP contribution in [0, 0.1) is 0 Å². The molecule has 1 amide bonds. The normalized spacial score (nSPS) is 11.8. The Kier molecular flexibility index (Phi) is 6.92. The highest BCUT2D eigenvalue weighted by Crippen LogP contribution is 2.13. The smallest absolute Gasteiger partial charge is 0.304 e. The van der Waals surface area contributed by atoms with Gasteiger partial charge in [-0.05, 0) is 0 Å². The van der Waals surface area contributed by atoms with E-state index in [2.05, 4.69) is 11.9 Å². The molecule has 14 heavy (non-hydrogen) atoms. The summed E-state index contributed by atoms with van der Waals surface area (Å²) in [6.07, 6.45) is 1.68. The van der Waals surface area contributed by atoms with Gasteiger partial charge in [0.1, 0.15) is 0 Å². The molecule has 0 aromatic carbocycles. The summed E-state index contributed by atoms with van der Waals surface area (Å²) in [5.41, 5.74) is 0. The van der Waals surface area contributed by atoms with Crippen molar-refractivity contribution in [2.45, 2.75) is 18.6 Å². The van der Waals surface area contributed by atoms with Crippen molar-refractivity contribution in [3.8, 4) is 0 Å². The minimum atomic E-state index is -0.837. The average Bonchev–Trinajstić information content (AvgIpc) is 2.10. The number of hydrogen-bond acceptors (Lipinski definition) is 3. The SMILES string of the molecule is C=CCNC(=O)CSC(C)CC(=O)O. The van der Waals surface area contributed by atoms with Gasteiger partial charge in [0, 0.05) is 11.8 Å². The number of nitrogens with one attached hydrogen (secondary N) is 1. The van der Waals surface area contributed by atoms with E-state index in [1.807, 2.05) is 0 Å². The highest BCUT2D eigenvalue weighted by molar-refractivity contribution is 8.00. The zero-order chi connectivity index (χ0) is 11.0. The Morgan fingerprint density at radius 1 is 1.64 bits per heavy atom. The maximum absolute atomic E-state index is 11.1. The summed E-state index contributed by atoms with van der Waals surface area (Å²) < 4.78 is 0. The highest BCUT2D eigenvalue weighted by Gasteiger charge is 2.09. The summed E-state index contributed by atoms with van der Waals surface area (Å²) in [5.74, 6) is -0.633. The third-order valence-corrected chi connectivity index (χ3v) is 2.57. The van der Waals surface area contributed by atoms with Crippen molar-refractivity contribution in [2.24, 2.45) is 0 Å². The van der Waals surface area contributed by atoms with E-state index in [1.54, 1.807) is 13.0 Å². The van der Waals surface area contributed by atoms with Crippen LogP contribution in [0.2, 0.25) is 0 Å². The van der Waals surface area contributed by atoms with E-state index in [1.165, 1.54) is 11.8 Å². The van der Waals surface area contributed by atoms with Crippen LogP contribution >= 0.6 is 11.8 Å². The lowest BCUT2D eigenvalue weighted by Crippen LogP contribution is -2.26. The summed E-state index contributed by atoms with van der Waals surface area (Å²) in [6, 6.07) is 0. The first-order valence-corrected chi connectivity index (χ1v) is 5.32. The molecule has 0 radical (unpaired) electrons. The Hall–Kier alpha value is -0.970. The third kappa shape index (κ3) is 7.67. The predicted molar refractivity (Wildman–Crippen MR) is 57.4 cm³/mol. The van der Waals surface area contributed by atoms with Gasteiger partial charge in [-0.3, -0.25) is 9.59 Å². The maximum Gasteiger partial charge on any atom is 0.304 e. The molecule has 0 aliphatic carbocycles. The lowest BCUT2D eigenvalue weighted by Gasteiger charge is -2.07. The molecule has 1 unspecified atom stereocenters. The first kappa shape index (κ1) is 13.0. The van der Waals surface area contributed by atoms with Crippen LogP contribution in [0.5, 0.6) is 0 Å². The van der Waals surface area contributed by atoms with E-state index in [0.717, 1.165) is 0 Å². The van der Waals surface area contributed by atoms with Crippen molar-refractivity contribution in [2.75, 3.05) is 12.3 Å². The van der Waals surface area contributed by atoms with Crippen molar-refractivity contribution in [1.29, 1.82) is 0 Å². The second-order valence-corrected chi connectivity index (χ2v) is 4.24. The highest BCUT2D eigenvalue weighted by atomic mass is 32.2. The van der Waals surface area contributed by atoms with Gasteiger partial charge in [0.05, 0.1) is 12.2 Å². The zero-order valence-corrected chi connectivity index (χ0v) is 8.97. The van der Waals surface area contributed by atoms with Crippen LogP contribution < -0.4 is 5.32 Å². The standard InChI is InChI=1S/C9H15NO3S/c1-3-4-10-8(11)6-14-7(2)5-9(12)13/h3,7H,1,4-6H2,2H3,(H,10,11)(H,12,13). The molecule has 0 fully saturated rings. The molecule has 0 aromatic rings. The number of aliphatic carboxylic acids is 1. The summed E-state index contributed by atoms with van der Waals surface area (Å²) in [5, 5.41) is 11.0. The first-order valence-electron chi connectivity index (χ1n) is 4.27. The van der Waals surface area contributed by atoms with E-state index >= 15 is 0 Å². The van der Waals surface area contributed by atoms with Gasteiger partial charge in [-0.2, -0.15) is 0 Å². The Morgan fingerprint density at radius 3 is 2.79 bits per heavy atom. The summed E-state index contributed by atoms with van der Waals surface area (Å²) >= 11 is 1.34. The van der Waals surface area contributed by atoms with Crippen LogP contribution in [0.25, 0.3) is 0 Å². The largest absolute Gasteiger partial charge is 0.481 e. The molecule has 0 aromatic heterocycles. The molecule has 1 atom stereocenters. The molecule has 80 valence electrons. The van der Waals surface area contributed by atoms with Gasteiger partial charge < -0.3 is 10.4 Å². The lowest BCUT2D eigenvalue weighted by atomic mass is 10.3. The lowest BCUT2D eigenvalue weighted by molar-refractivity contribution is -0.136. The number of amides is 1. The molecule has 5 heteroatoms. The molecule has 0 aliphatic heterocycles. The minimum absolute atomic E-state index is 0.0398. The van der Waals surface area contributed by atoms with Gasteiger partial charge in [0.2, 0.25) is 5.91 Å². The topological polar surface area (TPSA) is 66.4 Å². The molecule has 0 heterocycles. The van der Waals surface area contributed by atoms with Crippen LogP contribution in [-0.4, -0.2) is 34.5 Å². The molecular formula is C9H15NO3S. The summed E-state index contributed by atoms with van der Waals surface area (Å²) in [4.78, 5) is 21.4. The molecule has 0 rings (SSSR count). The number of thioether (sulfide) groups is 1. The van der Waals surface area contributed by atoms with Crippen molar-refractivity contribution in [1.82, 2.24) is 5.32 Å². The Labute approximate surface area is 87.8 Å². The van der Waals surface area contributed by atoms with E-state index in [4.69, 9.17) is 5.11 Å². The summed E-state index contributed by atoms with van der Waals surface area (Å²) in [7, 11) is 0. The average molecular weight is 217 g/mol. The fraction of sp³-hybridized carbons (Fsp3) is 0.556. The van der Waals surface area contributed by atoms with Crippen molar-refractivity contribution in [3.05, 3.63) is 12.7 Å². The number of hydrogen-bond donors (Lipinski definition) is 2. The Bertz CT molecular complexity index is 218. The number of carbonyl (C=O) groups excluding carboxylic acids is 1. The maximum atomic E-state index is 11.1. The van der Waals surface area contributed by atoms with Gasteiger partial charge >= 0.3 is 5.97 Å². The van der Waals surface area contributed by atoms with Crippen LogP contribution in [0.4, 0.5) is 0 Å². The second-order valence-electron chi connectivity index (χ2n) is 2.81.